The Balaban J connectivity index is 1.87. The lowest BCUT2D eigenvalue weighted by molar-refractivity contribution is 0.0932. The molecule has 3 aromatic rings. The van der Waals surface area contributed by atoms with Crippen LogP contribution in [0.1, 0.15) is 35.3 Å². The average Bonchev–Trinajstić information content (AvgIpc) is 3.05. The minimum absolute atomic E-state index is 0.299. The van der Waals surface area contributed by atoms with Crippen molar-refractivity contribution >= 4 is 28.6 Å². The molecule has 0 radical (unpaired) electrons. The van der Waals surface area contributed by atoms with Gasteiger partial charge in [-0.2, -0.15) is 5.26 Å². The van der Waals surface area contributed by atoms with Gasteiger partial charge >= 0.3 is 6.09 Å². The molecule has 0 aliphatic carbocycles. The highest BCUT2D eigenvalue weighted by molar-refractivity contribution is 6.31. The largest absolute Gasteiger partial charge is 0.450 e. The summed E-state index contributed by atoms with van der Waals surface area (Å²) in [6.07, 6.45) is 0.385. The first kappa shape index (κ1) is 17.4. The molecule has 6 heteroatoms. The maximum atomic E-state index is 12.6. The average molecular weight is 380 g/mol. The van der Waals surface area contributed by atoms with Gasteiger partial charge in [0.1, 0.15) is 6.04 Å². The highest BCUT2D eigenvalue weighted by atomic mass is 35.5. The van der Waals surface area contributed by atoms with Gasteiger partial charge in [0.25, 0.3) is 0 Å². The molecule has 1 aromatic heterocycles. The molecule has 27 heavy (non-hydrogen) atoms. The highest BCUT2D eigenvalue weighted by Gasteiger charge is 2.35. The molecule has 1 unspecified atom stereocenters. The fourth-order valence-electron chi connectivity index (χ4n) is 3.75. The molecule has 2 heterocycles. The summed E-state index contributed by atoms with van der Waals surface area (Å²) in [5, 5.41) is 10.8. The molecule has 1 N–H and O–H groups in total. The normalized spacial score (nSPS) is 16.0. The van der Waals surface area contributed by atoms with Crippen molar-refractivity contribution in [1.82, 2.24) is 9.88 Å². The van der Waals surface area contributed by atoms with Crippen molar-refractivity contribution in [3.63, 3.8) is 0 Å². The number of fused-ring (bicyclic) bond motifs is 3. The van der Waals surface area contributed by atoms with E-state index in [1.54, 1.807) is 24.0 Å². The fraction of sp³-hybridized carbons (Fsp3) is 0.238. The summed E-state index contributed by atoms with van der Waals surface area (Å²) < 4.78 is 5.29. The first-order valence-corrected chi connectivity index (χ1v) is 9.23. The maximum absolute atomic E-state index is 12.6. The van der Waals surface area contributed by atoms with Gasteiger partial charge in [0, 0.05) is 28.2 Å². The van der Waals surface area contributed by atoms with Crippen LogP contribution in [0.15, 0.2) is 42.5 Å². The molecule has 136 valence electrons. The molecule has 0 spiro atoms. The molecular formula is C21H18ClN3O2. The van der Waals surface area contributed by atoms with Crippen LogP contribution in [0.4, 0.5) is 4.79 Å². The number of ether oxygens (including phenoxy) is 1. The quantitative estimate of drug-likeness (QED) is 0.695. The van der Waals surface area contributed by atoms with Gasteiger partial charge in [0.15, 0.2) is 0 Å². The van der Waals surface area contributed by atoms with Crippen molar-refractivity contribution < 1.29 is 9.53 Å². The summed E-state index contributed by atoms with van der Waals surface area (Å²) in [7, 11) is 0. The topological polar surface area (TPSA) is 69.1 Å². The number of rotatable bonds is 2. The van der Waals surface area contributed by atoms with E-state index in [4.69, 9.17) is 21.6 Å². The predicted octanol–water partition coefficient (Wildman–Crippen LogP) is 4.80. The van der Waals surface area contributed by atoms with Crippen LogP contribution in [0.25, 0.3) is 10.9 Å². The maximum Gasteiger partial charge on any atom is 0.410 e. The Bertz CT molecular complexity index is 1050. The molecule has 1 aliphatic rings. The smallest absolute Gasteiger partial charge is 0.410 e. The van der Waals surface area contributed by atoms with Crippen LogP contribution in [0.3, 0.4) is 0 Å². The highest BCUT2D eigenvalue weighted by Crippen LogP contribution is 2.39. The number of hydrogen-bond donors (Lipinski definition) is 1. The van der Waals surface area contributed by atoms with Crippen molar-refractivity contribution in [1.29, 1.82) is 5.26 Å². The van der Waals surface area contributed by atoms with Gasteiger partial charge in [-0.25, -0.2) is 4.79 Å². The number of benzene rings is 2. The lowest BCUT2D eigenvalue weighted by atomic mass is 9.92. The first-order chi connectivity index (χ1) is 13.1. The Morgan fingerprint density at radius 1 is 1.33 bits per heavy atom. The lowest BCUT2D eigenvalue weighted by Crippen LogP contribution is -2.40. The fourth-order valence-corrected chi connectivity index (χ4v) is 3.92. The predicted molar refractivity (Wildman–Crippen MR) is 104 cm³/mol. The molecule has 0 fully saturated rings. The second kappa shape index (κ2) is 6.98. The zero-order valence-electron chi connectivity index (χ0n) is 14.8. The van der Waals surface area contributed by atoms with E-state index in [-0.39, 0.29) is 12.1 Å². The number of halogens is 1. The number of nitrogens with zero attached hydrogens (tertiary/aromatic N) is 2. The van der Waals surface area contributed by atoms with Crippen molar-refractivity contribution in [2.45, 2.75) is 19.4 Å². The summed E-state index contributed by atoms with van der Waals surface area (Å²) in [4.78, 5) is 17.8. The number of carbonyl (C=O) groups excluding carboxylic acids is 1. The molecule has 1 atom stereocenters. The van der Waals surface area contributed by atoms with Gasteiger partial charge in [-0.1, -0.05) is 23.7 Å². The van der Waals surface area contributed by atoms with Crippen LogP contribution < -0.4 is 0 Å². The van der Waals surface area contributed by atoms with Crippen LogP contribution >= 0.6 is 11.6 Å². The number of H-pyrrole nitrogens is 1. The summed E-state index contributed by atoms with van der Waals surface area (Å²) in [6, 6.07) is 14.9. The Labute approximate surface area is 162 Å². The Morgan fingerprint density at radius 2 is 2.11 bits per heavy atom. The van der Waals surface area contributed by atoms with Crippen molar-refractivity contribution in [2.75, 3.05) is 13.2 Å². The van der Waals surface area contributed by atoms with E-state index >= 15 is 0 Å². The minimum Gasteiger partial charge on any atom is -0.450 e. The number of nitriles is 1. The summed E-state index contributed by atoms with van der Waals surface area (Å²) in [5.41, 5.74) is 4.65. The van der Waals surface area contributed by atoms with Crippen LogP contribution in [-0.2, 0) is 11.2 Å². The minimum atomic E-state index is -0.339. The van der Waals surface area contributed by atoms with E-state index in [0.29, 0.717) is 23.7 Å². The standard InChI is InChI=1S/C21H18ClN3O2/c1-2-27-21(26)25-10-9-16-17-11-15(22)7-8-18(17)24-19(16)20(25)14-5-3-13(12-23)4-6-14/h3-8,11,20,24H,2,9-10H2,1H3. The number of carbonyl (C=O) groups is 1. The van der Waals surface area contributed by atoms with Gasteiger partial charge in [-0.05, 0) is 54.8 Å². The van der Waals surface area contributed by atoms with Crippen LogP contribution in [0.5, 0.6) is 0 Å². The van der Waals surface area contributed by atoms with E-state index < -0.39 is 0 Å². The molecule has 1 amide bonds. The van der Waals surface area contributed by atoms with Crippen molar-refractivity contribution in [2.24, 2.45) is 0 Å². The molecular weight excluding hydrogens is 362 g/mol. The number of hydrogen-bond acceptors (Lipinski definition) is 3. The van der Waals surface area contributed by atoms with Gasteiger partial charge in [-0.15, -0.1) is 0 Å². The second-order valence-electron chi connectivity index (χ2n) is 6.49. The van der Waals surface area contributed by atoms with Gasteiger partial charge < -0.3 is 9.72 Å². The second-order valence-corrected chi connectivity index (χ2v) is 6.92. The molecule has 0 bridgehead atoms. The molecule has 5 nitrogen and oxygen atoms in total. The summed E-state index contributed by atoms with van der Waals surface area (Å²) in [6.45, 7) is 2.68. The number of amides is 1. The molecule has 2 aromatic carbocycles. The summed E-state index contributed by atoms with van der Waals surface area (Å²) >= 11 is 6.20. The van der Waals surface area contributed by atoms with E-state index in [0.717, 1.165) is 28.6 Å². The molecule has 0 saturated heterocycles. The number of aromatic nitrogens is 1. The number of aromatic amines is 1. The van der Waals surface area contributed by atoms with E-state index in [1.807, 2.05) is 30.3 Å². The third kappa shape index (κ3) is 3.02. The van der Waals surface area contributed by atoms with E-state index in [1.165, 1.54) is 5.56 Å². The number of nitrogens with one attached hydrogen (secondary N) is 1. The third-order valence-electron chi connectivity index (χ3n) is 4.95. The Kier molecular flexibility index (Phi) is 4.51. The van der Waals surface area contributed by atoms with Crippen molar-refractivity contribution in [3.8, 4) is 6.07 Å². The molecule has 4 rings (SSSR count). The van der Waals surface area contributed by atoms with Crippen molar-refractivity contribution in [3.05, 3.63) is 69.9 Å². The zero-order chi connectivity index (χ0) is 19.0. The Morgan fingerprint density at radius 3 is 2.81 bits per heavy atom. The van der Waals surface area contributed by atoms with E-state index in [2.05, 4.69) is 11.1 Å². The van der Waals surface area contributed by atoms with Crippen LogP contribution in [0, 0.1) is 11.3 Å². The summed E-state index contributed by atoms with van der Waals surface area (Å²) in [5.74, 6) is 0. The van der Waals surface area contributed by atoms with Gasteiger partial charge in [0.05, 0.1) is 18.2 Å². The molecule has 1 aliphatic heterocycles. The molecule has 0 saturated carbocycles. The van der Waals surface area contributed by atoms with Gasteiger partial charge in [0.2, 0.25) is 0 Å². The van der Waals surface area contributed by atoms with E-state index in [9.17, 15) is 4.79 Å². The lowest BCUT2D eigenvalue weighted by Gasteiger charge is -2.35. The van der Waals surface area contributed by atoms with Crippen LogP contribution in [0.2, 0.25) is 5.02 Å². The third-order valence-corrected chi connectivity index (χ3v) is 5.18. The van der Waals surface area contributed by atoms with Gasteiger partial charge in [-0.3, -0.25) is 4.90 Å². The first-order valence-electron chi connectivity index (χ1n) is 8.85. The van der Waals surface area contributed by atoms with Crippen LogP contribution in [-0.4, -0.2) is 29.1 Å². The monoisotopic (exact) mass is 379 g/mol. The zero-order valence-corrected chi connectivity index (χ0v) is 15.6. The SMILES string of the molecule is CCOC(=O)N1CCc2c([nH]c3ccc(Cl)cc23)C1c1ccc(C#N)cc1. The Hall–Kier alpha value is -2.97.